The van der Waals surface area contributed by atoms with Crippen LogP contribution in [0, 0.1) is 0 Å². The number of nitrogens with one attached hydrogen (secondary N) is 1. The number of hydrogen-bond donors (Lipinski definition) is 3. The molecule has 6 nitrogen and oxygen atoms in total. The van der Waals surface area contributed by atoms with Crippen LogP contribution in [0.3, 0.4) is 0 Å². The number of carboxylic acids is 1. The number of fused-ring (bicyclic) bond motifs is 1. The first kappa shape index (κ1) is 16.1. The van der Waals surface area contributed by atoms with Gasteiger partial charge in [-0.15, -0.1) is 0 Å². The fourth-order valence-corrected chi connectivity index (χ4v) is 3.18. The number of rotatable bonds is 5. The van der Waals surface area contributed by atoms with Crippen molar-refractivity contribution in [3.8, 4) is 22.5 Å². The summed E-state index contributed by atoms with van der Waals surface area (Å²) in [7, 11) is 0. The van der Waals surface area contributed by atoms with E-state index in [9.17, 15) is 15.0 Å². The van der Waals surface area contributed by atoms with E-state index in [1.165, 1.54) is 10.9 Å². The second-order valence-corrected chi connectivity index (χ2v) is 6.03. The number of aliphatic hydroxyl groups excluding tert-OH is 1. The van der Waals surface area contributed by atoms with Crippen molar-refractivity contribution in [2.45, 2.75) is 6.04 Å². The largest absolute Gasteiger partial charge is 0.480 e. The number of H-pyrrole nitrogens is 1. The summed E-state index contributed by atoms with van der Waals surface area (Å²) in [5, 5.41) is 20.1. The molecule has 4 aromatic rings. The molecule has 6 heteroatoms. The van der Waals surface area contributed by atoms with E-state index >= 15 is 0 Å². The molecule has 2 aromatic carbocycles. The molecule has 0 radical (unpaired) electrons. The zero-order chi connectivity index (χ0) is 18.1. The Morgan fingerprint density at radius 3 is 2.65 bits per heavy atom. The van der Waals surface area contributed by atoms with Gasteiger partial charge in [-0.3, -0.25) is 0 Å². The highest BCUT2D eigenvalue weighted by Crippen LogP contribution is 2.34. The van der Waals surface area contributed by atoms with Crippen LogP contribution in [0.25, 0.3) is 33.4 Å². The first-order valence-corrected chi connectivity index (χ1v) is 8.22. The third kappa shape index (κ3) is 2.66. The number of nitrogens with zero attached hydrogens (tertiary/aromatic N) is 2. The van der Waals surface area contributed by atoms with E-state index in [2.05, 4.69) is 9.97 Å². The molecule has 0 aliphatic carbocycles. The van der Waals surface area contributed by atoms with Crippen molar-refractivity contribution < 1.29 is 15.0 Å². The van der Waals surface area contributed by atoms with Gasteiger partial charge in [0.25, 0.3) is 0 Å². The fourth-order valence-electron chi connectivity index (χ4n) is 3.18. The van der Waals surface area contributed by atoms with E-state index in [0.717, 1.165) is 22.0 Å². The average molecular weight is 347 g/mol. The maximum atomic E-state index is 11.6. The summed E-state index contributed by atoms with van der Waals surface area (Å²) in [4.78, 5) is 19.2. The second-order valence-electron chi connectivity index (χ2n) is 6.03. The summed E-state index contributed by atoms with van der Waals surface area (Å²) in [6.45, 7) is -0.515. The molecule has 0 aliphatic rings. The SMILES string of the molecule is O=C(O)[C@H](CO)n1cnc(-c2ccccc2)c1-c1ccc2[nH]ccc2c1. The van der Waals surface area contributed by atoms with Crippen LogP contribution in [-0.2, 0) is 4.79 Å². The number of aliphatic hydroxyl groups is 1. The Bertz CT molecular complexity index is 1070. The summed E-state index contributed by atoms with van der Waals surface area (Å²) in [5.74, 6) is -1.10. The number of aliphatic carboxylic acids is 1. The Kier molecular flexibility index (Phi) is 4.02. The van der Waals surface area contributed by atoms with Crippen LogP contribution in [0.15, 0.2) is 67.1 Å². The Morgan fingerprint density at radius 1 is 1.12 bits per heavy atom. The minimum absolute atomic E-state index is 0.515. The zero-order valence-electron chi connectivity index (χ0n) is 13.8. The molecule has 4 rings (SSSR count). The smallest absolute Gasteiger partial charge is 0.329 e. The van der Waals surface area contributed by atoms with Crippen molar-refractivity contribution in [1.82, 2.24) is 14.5 Å². The Labute approximate surface area is 149 Å². The minimum Gasteiger partial charge on any atom is -0.480 e. The van der Waals surface area contributed by atoms with Gasteiger partial charge in [0.2, 0.25) is 0 Å². The van der Waals surface area contributed by atoms with E-state index in [0.29, 0.717) is 11.4 Å². The predicted octanol–water partition coefficient (Wildman–Crippen LogP) is 3.32. The normalized spacial score (nSPS) is 12.3. The van der Waals surface area contributed by atoms with Crippen molar-refractivity contribution in [1.29, 1.82) is 0 Å². The summed E-state index contributed by atoms with van der Waals surface area (Å²) >= 11 is 0. The number of carboxylic acid groups (broad SMARTS) is 1. The highest BCUT2D eigenvalue weighted by molar-refractivity contribution is 5.88. The molecule has 3 N–H and O–H groups in total. The van der Waals surface area contributed by atoms with Crippen molar-refractivity contribution in [3.63, 3.8) is 0 Å². The van der Waals surface area contributed by atoms with Crippen LogP contribution in [0.5, 0.6) is 0 Å². The predicted molar refractivity (Wildman–Crippen MR) is 98.7 cm³/mol. The minimum atomic E-state index is -1.10. The average Bonchev–Trinajstić information content (AvgIpc) is 3.29. The molecule has 0 spiro atoms. The standard InChI is InChI=1S/C20H17N3O3/c24-11-17(20(25)26)23-12-22-18(13-4-2-1-3-5-13)19(23)15-6-7-16-14(10-15)8-9-21-16/h1-10,12,17,21,24H,11H2,(H,25,26)/t17-/m0/s1. The Hall–Kier alpha value is -3.38. The molecule has 130 valence electrons. The summed E-state index contributed by atoms with van der Waals surface area (Å²) in [5.41, 5.74) is 4.07. The molecule has 0 saturated carbocycles. The summed E-state index contributed by atoms with van der Waals surface area (Å²) < 4.78 is 1.53. The van der Waals surface area contributed by atoms with Gasteiger partial charge < -0.3 is 19.8 Å². The molecule has 1 atom stereocenters. The van der Waals surface area contributed by atoms with Crippen molar-refractivity contribution >= 4 is 16.9 Å². The van der Waals surface area contributed by atoms with Crippen molar-refractivity contribution in [2.24, 2.45) is 0 Å². The van der Waals surface area contributed by atoms with Gasteiger partial charge in [0, 0.05) is 28.2 Å². The Balaban J connectivity index is 1.97. The number of aromatic amines is 1. The molecular weight excluding hydrogens is 330 g/mol. The molecule has 26 heavy (non-hydrogen) atoms. The highest BCUT2D eigenvalue weighted by Gasteiger charge is 2.25. The number of aromatic nitrogens is 3. The van der Waals surface area contributed by atoms with Gasteiger partial charge in [-0.25, -0.2) is 9.78 Å². The lowest BCUT2D eigenvalue weighted by atomic mass is 10.0. The second kappa shape index (κ2) is 6.50. The third-order valence-electron chi connectivity index (χ3n) is 4.46. The Morgan fingerprint density at radius 2 is 1.92 bits per heavy atom. The monoisotopic (exact) mass is 347 g/mol. The van der Waals surface area contributed by atoms with E-state index in [4.69, 9.17) is 0 Å². The fraction of sp³-hybridized carbons (Fsp3) is 0.100. The van der Waals surface area contributed by atoms with Crippen LogP contribution in [-0.4, -0.2) is 37.3 Å². The van der Waals surface area contributed by atoms with Crippen molar-refractivity contribution in [2.75, 3.05) is 6.61 Å². The van der Waals surface area contributed by atoms with Gasteiger partial charge in [0.1, 0.15) is 0 Å². The van der Waals surface area contributed by atoms with Gasteiger partial charge in [-0.05, 0) is 18.2 Å². The van der Waals surface area contributed by atoms with Crippen LogP contribution in [0.2, 0.25) is 0 Å². The summed E-state index contributed by atoms with van der Waals surface area (Å²) in [6, 6.07) is 16.3. The molecular formula is C20H17N3O3. The molecule has 0 aliphatic heterocycles. The highest BCUT2D eigenvalue weighted by atomic mass is 16.4. The maximum absolute atomic E-state index is 11.6. The lowest BCUT2D eigenvalue weighted by Gasteiger charge is -2.16. The quantitative estimate of drug-likeness (QED) is 0.516. The zero-order valence-corrected chi connectivity index (χ0v) is 13.8. The molecule has 0 amide bonds. The number of imidazole rings is 1. The molecule has 0 unspecified atom stereocenters. The van der Waals surface area contributed by atoms with Crippen LogP contribution in [0.4, 0.5) is 0 Å². The molecule has 2 aromatic heterocycles. The van der Waals surface area contributed by atoms with Crippen molar-refractivity contribution in [3.05, 3.63) is 67.1 Å². The van der Waals surface area contributed by atoms with E-state index < -0.39 is 18.6 Å². The van der Waals surface area contributed by atoms with Gasteiger partial charge in [0.05, 0.1) is 24.3 Å². The van der Waals surface area contributed by atoms with E-state index in [-0.39, 0.29) is 0 Å². The maximum Gasteiger partial charge on any atom is 0.329 e. The number of benzene rings is 2. The van der Waals surface area contributed by atoms with Crippen LogP contribution < -0.4 is 0 Å². The summed E-state index contributed by atoms with van der Waals surface area (Å²) in [6.07, 6.45) is 3.34. The van der Waals surface area contributed by atoms with Gasteiger partial charge in [-0.1, -0.05) is 36.4 Å². The lowest BCUT2D eigenvalue weighted by Crippen LogP contribution is -2.22. The van der Waals surface area contributed by atoms with Crippen LogP contribution in [0.1, 0.15) is 6.04 Å². The molecule has 2 heterocycles. The van der Waals surface area contributed by atoms with Gasteiger partial charge >= 0.3 is 5.97 Å². The first-order chi connectivity index (χ1) is 12.7. The van der Waals surface area contributed by atoms with Crippen LogP contribution >= 0.6 is 0 Å². The lowest BCUT2D eigenvalue weighted by molar-refractivity contribution is -0.142. The first-order valence-electron chi connectivity index (χ1n) is 8.22. The van der Waals surface area contributed by atoms with E-state index in [1.807, 2.05) is 60.8 Å². The molecule has 0 saturated heterocycles. The third-order valence-corrected chi connectivity index (χ3v) is 4.46. The number of carbonyl (C=O) groups is 1. The molecule has 0 fully saturated rings. The van der Waals surface area contributed by atoms with E-state index in [1.54, 1.807) is 0 Å². The van der Waals surface area contributed by atoms with Gasteiger partial charge in [-0.2, -0.15) is 0 Å². The molecule has 0 bridgehead atoms. The number of hydrogen-bond acceptors (Lipinski definition) is 3. The van der Waals surface area contributed by atoms with Gasteiger partial charge in [0.15, 0.2) is 6.04 Å². The topological polar surface area (TPSA) is 91.1 Å².